The Kier molecular flexibility index (Phi) is 3.15. The number of carbonyl (C=O) groups excluding carboxylic acids is 1. The summed E-state index contributed by atoms with van der Waals surface area (Å²) in [6, 6.07) is 18.6. The van der Waals surface area contributed by atoms with Gasteiger partial charge >= 0.3 is 0 Å². The number of amides is 1. The molecule has 2 nitrogen and oxygen atoms in total. The van der Waals surface area contributed by atoms with E-state index in [1.165, 1.54) is 16.7 Å². The fourth-order valence-corrected chi connectivity index (χ4v) is 2.56. The number of nitrogens with zero attached hydrogens (tertiary/aromatic N) is 1. The third-order valence-electron chi connectivity index (χ3n) is 3.53. The van der Waals surface area contributed by atoms with Crippen LogP contribution in [0.1, 0.15) is 22.7 Å². The van der Waals surface area contributed by atoms with Crippen molar-refractivity contribution in [3.05, 3.63) is 77.5 Å². The molecule has 1 heterocycles. The lowest BCUT2D eigenvalue weighted by atomic mass is 9.92. The molecule has 3 rings (SSSR count). The first-order valence-electron chi connectivity index (χ1n) is 6.42. The Hall–Kier alpha value is -2.35. The van der Waals surface area contributed by atoms with Crippen molar-refractivity contribution >= 4 is 12.5 Å². The second-order valence-electron chi connectivity index (χ2n) is 4.70. The summed E-state index contributed by atoms with van der Waals surface area (Å²) >= 11 is 0. The summed E-state index contributed by atoms with van der Waals surface area (Å²) in [5.74, 6) is 0. The Labute approximate surface area is 113 Å². The highest BCUT2D eigenvalue weighted by Gasteiger charge is 2.22. The van der Waals surface area contributed by atoms with Crippen molar-refractivity contribution in [3.8, 4) is 0 Å². The summed E-state index contributed by atoms with van der Waals surface area (Å²) in [6.07, 6.45) is 5.59. The van der Waals surface area contributed by atoms with Crippen LogP contribution in [0.5, 0.6) is 0 Å². The van der Waals surface area contributed by atoms with E-state index in [0.717, 1.165) is 12.8 Å². The number of benzene rings is 2. The zero-order valence-electron chi connectivity index (χ0n) is 10.6. The molecule has 2 aromatic carbocycles. The summed E-state index contributed by atoms with van der Waals surface area (Å²) in [4.78, 5) is 13.0. The second-order valence-corrected chi connectivity index (χ2v) is 4.70. The topological polar surface area (TPSA) is 20.3 Å². The summed E-state index contributed by atoms with van der Waals surface area (Å²) < 4.78 is 0. The van der Waals surface area contributed by atoms with Crippen LogP contribution in [0.2, 0.25) is 0 Å². The van der Waals surface area contributed by atoms with E-state index in [0.29, 0.717) is 0 Å². The van der Waals surface area contributed by atoms with Crippen LogP contribution < -0.4 is 0 Å². The van der Waals surface area contributed by atoms with Crippen LogP contribution in [0, 0.1) is 0 Å². The maximum atomic E-state index is 11.2. The van der Waals surface area contributed by atoms with Crippen molar-refractivity contribution in [2.75, 3.05) is 0 Å². The monoisotopic (exact) mass is 249 g/mol. The summed E-state index contributed by atoms with van der Waals surface area (Å²) in [6.45, 7) is 0. The van der Waals surface area contributed by atoms with E-state index in [2.05, 4.69) is 24.3 Å². The Bertz CT molecular complexity index is 604. The molecule has 1 atom stereocenters. The highest BCUT2D eigenvalue weighted by molar-refractivity contribution is 5.63. The lowest BCUT2D eigenvalue weighted by Crippen LogP contribution is -2.26. The largest absolute Gasteiger partial charge is 0.314 e. The highest BCUT2D eigenvalue weighted by Crippen LogP contribution is 2.31. The van der Waals surface area contributed by atoms with Gasteiger partial charge < -0.3 is 4.90 Å². The first-order chi connectivity index (χ1) is 9.38. The third-order valence-corrected chi connectivity index (χ3v) is 3.53. The van der Waals surface area contributed by atoms with Crippen LogP contribution >= 0.6 is 0 Å². The summed E-state index contributed by atoms with van der Waals surface area (Å²) in [5.41, 5.74) is 3.65. The average Bonchev–Trinajstić information content (AvgIpc) is 2.49. The number of fused-ring (bicyclic) bond motifs is 1. The van der Waals surface area contributed by atoms with Crippen LogP contribution in [-0.4, -0.2) is 11.3 Å². The molecular weight excluding hydrogens is 234 g/mol. The van der Waals surface area contributed by atoms with Crippen molar-refractivity contribution in [1.29, 1.82) is 0 Å². The molecule has 0 saturated heterocycles. The minimum atomic E-state index is 0.0844. The van der Waals surface area contributed by atoms with Crippen molar-refractivity contribution in [2.24, 2.45) is 0 Å². The number of hydrogen-bond donors (Lipinski definition) is 0. The van der Waals surface area contributed by atoms with Crippen molar-refractivity contribution in [1.82, 2.24) is 4.90 Å². The van der Waals surface area contributed by atoms with Crippen LogP contribution in [0.25, 0.3) is 6.08 Å². The molecule has 0 aliphatic carbocycles. The van der Waals surface area contributed by atoms with Crippen LogP contribution in [0.3, 0.4) is 0 Å². The minimum Gasteiger partial charge on any atom is -0.314 e. The van der Waals surface area contributed by atoms with Gasteiger partial charge in [0.25, 0.3) is 0 Å². The molecular formula is C17H15NO. The Morgan fingerprint density at radius 3 is 2.53 bits per heavy atom. The van der Waals surface area contributed by atoms with Crippen LogP contribution in [0.4, 0.5) is 0 Å². The highest BCUT2D eigenvalue weighted by atomic mass is 16.1. The van der Waals surface area contributed by atoms with Gasteiger partial charge in [0.1, 0.15) is 0 Å². The van der Waals surface area contributed by atoms with Gasteiger partial charge in [-0.1, -0.05) is 54.6 Å². The van der Waals surface area contributed by atoms with Gasteiger partial charge in [0, 0.05) is 6.20 Å². The predicted molar refractivity (Wildman–Crippen MR) is 76.3 cm³/mol. The molecule has 0 bridgehead atoms. The smallest absolute Gasteiger partial charge is 0.214 e. The SMILES string of the molecule is O=CN1C=Cc2ccccc2C1Cc1ccccc1. The van der Waals surface area contributed by atoms with E-state index in [1.54, 1.807) is 4.90 Å². The molecule has 1 aliphatic heterocycles. The quantitative estimate of drug-likeness (QED) is 0.763. The Balaban J connectivity index is 1.97. The Morgan fingerprint density at radius 1 is 1.00 bits per heavy atom. The van der Waals surface area contributed by atoms with E-state index < -0.39 is 0 Å². The second kappa shape index (κ2) is 5.11. The summed E-state index contributed by atoms with van der Waals surface area (Å²) in [5, 5.41) is 0. The first kappa shape index (κ1) is 11.7. The van der Waals surface area contributed by atoms with Gasteiger partial charge in [0.05, 0.1) is 6.04 Å². The molecule has 19 heavy (non-hydrogen) atoms. The van der Waals surface area contributed by atoms with E-state index in [-0.39, 0.29) is 6.04 Å². The molecule has 0 fully saturated rings. The lowest BCUT2D eigenvalue weighted by Gasteiger charge is -2.30. The van der Waals surface area contributed by atoms with Gasteiger partial charge in [0.15, 0.2) is 0 Å². The fourth-order valence-electron chi connectivity index (χ4n) is 2.56. The molecule has 1 unspecified atom stereocenters. The molecule has 0 aromatic heterocycles. The fraction of sp³-hybridized carbons (Fsp3) is 0.118. The maximum absolute atomic E-state index is 11.2. The Morgan fingerprint density at radius 2 is 1.74 bits per heavy atom. The van der Waals surface area contributed by atoms with Gasteiger partial charge in [-0.2, -0.15) is 0 Å². The normalized spacial score (nSPS) is 17.1. The van der Waals surface area contributed by atoms with Gasteiger partial charge in [-0.3, -0.25) is 4.79 Å². The van der Waals surface area contributed by atoms with Crippen LogP contribution in [-0.2, 0) is 11.2 Å². The van der Waals surface area contributed by atoms with E-state index in [9.17, 15) is 4.79 Å². The average molecular weight is 249 g/mol. The minimum absolute atomic E-state index is 0.0844. The van der Waals surface area contributed by atoms with E-state index in [4.69, 9.17) is 0 Å². The maximum Gasteiger partial charge on any atom is 0.214 e. The number of hydrogen-bond acceptors (Lipinski definition) is 1. The molecule has 1 aliphatic rings. The van der Waals surface area contributed by atoms with Gasteiger partial charge in [0.2, 0.25) is 6.41 Å². The zero-order chi connectivity index (χ0) is 13.1. The van der Waals surface area contributed by atoms with Crippen molar-refractivity contribution < 1.29 is 4.79 Å². The van der Waals surface area contributed by atoms with E-state index in [1.807, 2.05) is 42.6 Å². The third kappa shape index (κ3) is 2.29. The van der Waals surface area contributed by atoms with Gasteiger partial charge in [-0.15, -0.1) is 0 Å². The predicted octanol–water partition coefficient (Wildman–Crippen LogP) is 3.41. The summed E-state index contributed by atoms with van der Waals surface area (Å²) in [7, 11) is 0. The molecule has 94 valence electrons. The lowest BCUT2D eigenvalue weighted by molar-refractivity contribution is -0.117. The molecule has 0 spiro atoms. The molecule has 1 amide bonds. The molecule has 2 heteroatoms. The molecule has 0 saturated carbocycles. The zero-order valence-corrected chi connectivity index (χ0v) is 10.6. The number of carbonyl (C=O) groups is 1. The molecule has 0 radical (unpaired) electrons. The van der Waals surface area contributed by atoms with E-state index >= 15 is 0 Å². The van der Waals surface area contributed by atoms with Crippen molar-refractivity contribution in [2.45, 2.75) is 12.5 Å². The first-order valence-corrected chi connectivity index (χ1v) is 6.42. The standard InChI is InChI=1S/C17H15NO/c19-13-18-11-10-15-8-4-5-9-16(15)17(18)12-14-6-2-1-3-7-14/h1-11,13,17H,12H2. The van der Waals surface area contributed by atoms with Crippen LogP contribution in [0.15, 0.2) is 60.8 Å². The molecule has 0 N–H and O–H groups in total. The van der Waals surface area contributed by atoms with Gasteiger partial charge in [-0.05, 0) is 29.2 Å². The number of rotatable bonds is 3. The van der Waals surface area contributed by atoms with Crippen molar-refractivity contribution in [3.63, 3.8) is 0 Å². The molecule has 2 aromatic rings. The van der Waals surface area contributed by atoms with Gasteiger partial charge in [-0.25, -0.2) is 0 Å².